The van der Waals surface area contributed by atoms with Gasteiger partial charge in [0.05, 0.1) is 16.4 Å². The molecule has 4 aromatic rings. The lowest BCUT2D eigenvalue weighted by atomic mass is 10.3. The average Bonchev–Trinajstić information content (AvgIpc) is 2.99. The summed E-state index contributed by atoms with van der Waals surface area (Å²) in [6, 6.07) is 20.6. The maximum atomic E-state index is 6.02. The lowest BCUT2D eigenvalue weighted by molar-refractivity contribution is 0.482. The first kappa shape index (κ1) is 14.5. The summed E-state index contributed by atoms with van der Waals surface area (Å²) in [6.45, 7) is 0. The summed E-state index contributed by atoms with van der Waals surface area (Å²) < 4.78 is 5.78. The molecule has 0 aliphatic rings. The molecule has 0 saturated heterocycles. The van der Waals surface area contributed by atoms with Crippen LogP contribution in [0.4, 0.5) is 5.69 Å². The SMILES string of the molecule is Nc1cc2nn(-c3ccc(Oc4ccccc4)cc3)nc2cc1Cl. The maximum Gasteiger partial charge on any atom is 0.127 e. The van der Waals surface area contributed by atoms with Gasteiger partial charge in [-0.1, -0.05) is 29.8 Å². The number of halogens is 1. The minimum absolute atomic E-state index is 0.473. The number of para-hydroxylation sites is 1. The average molecular weight is 337 g/mol. The molecule has 0 fully saturated rings. The van der Waals surface area contributed by atoms with E-state index in [0.717, 1.165) is 17.2 Å². The number of nitrogens with two attached hydrogens (primary N) is 1. The number of hydrogen-bond donors (Lipinski definition) is 1. The van der Waals surface area contributed by atoms with Gasteiger partial charge in [-0.2, -0.15) is 4.80 Å². The van der Waals surface area contributed by atoms with Gasteiger partial charge in [-0.15, -0.1) is 10.2 Å². The predicted octanol–water partition coefficient (Wildman–Crippen LogP) is 4.45. The van der Waals surface area contributed by atoms with E-state index in [-0.39, 0.29) is 0 Å². The van der Waals surface area contributed by atoms with Gasteiger partial charge in [-0.05, 0) is 48.5 Å². The summed E-state index contributed by atoms with van der Waals surface area (Å²) in [5.74, 6) is 1.53. The molecule has 4 rings (SSSR count). The Hall–Kier alpha value is -3.05. The molecule has 0 unspecified atom stereocenters. The molecule has 0 aliphatic heterocycles. The van der Waals surface area contributed by atoms with E-state index < -0.39 is 0 Å². The Kier molecular flexibility index (Phi) is 3.55. The van der Waals surface area contributed by atoms with Gasteiger partial charge in [0.2, 0.25) is 0 Å². The van der Waals surface area contributed by atoms with Gasteiger partial charge in [0.1, 0.15) is 22.5 Å². The molecule has 5 nitrogen and oxygen atoms in total. The van der Waals surface area contributed by atoms with Crippen LogP contribution < -0.4 is 10.5 Å². The van der Waals surface area contributed by atoms with Gasteiger partial charge in [0.15, 0.2) is 0 Å². The van der Waals surface area contributed by atoms with Crippen LogP contribution in [0.2, 0.25) is 5.02 Å². The largest absolute Gasteiger partial charge is 0.457 e. The summed E-state index contributed by atoms with van der Waals surface area (Å²) in [7, 11) is 0. The number of nitrogen functional groups attached to an aromatic ring is 1. The number of fused-ring (bicyclic) bond motifs is 1. The van der Waals surface area contributed by atoms with Crippen LogP contribution in [0, 0.1) is 0 Å². The first-order valence-corrected chi connectivity index (χ1v) is 7.72. The fraction of sp³-hybridized carbons (Fsp3) is 0. The van der Waals surface area contributed by atoms with E-state index >= 15 is 0 Å². The van der Waals surface area contributed by atoms with E-state index in [1.807, 2.05) is 54.6 Å². The Morgan fingerprint density at radius 1 is 0.833 bits per heavy atom. The number of hydrogen-bond acceptors (Lipinski definition) is 4. The highest BCUT2D eigenvalue weighted by molar-refractivity contribution is 6.33. The predicted molar refractivity (Wildman–Crippen MR) is 94.8 cm³/mol. The molecule has 1 aromatic heterocycles. The molecule has 6 heteroatoms. The minimum atomic E-state index is 0.473. The molecule has 0 spiro atoms. The van der Waals surface area contributed by atoms with Crippen LogP contribution in [-0.2, 0) is 0 Å². The van der Waals surface area contributed by atoms with Crippen LogP contribution in [0.3, 0.4) is 0 Å². The minimum Gasteiger partial charge on any atom is -0.457 e. The molecule has 0 atom stereocenters. The summed E-state index contributed by atoms with van der Waals surface area (Å²) in [5.41, 5.74) is 8.50. The van der Waals surface area contributed by atoms with Crippen LogP contribution in [0.25, 0.3) is 16.7 Å². The normalized spacial score (nSPS) is 10.9. The summed E-state index contributed by atoms with van der Waals surface area (Å²) in [4.78, 5) is 1.55. The number of nitrogens with zero attached hydrogens (tertiary/aromatic N) is 3. The van der Waals surface area contributed by atoms with Crippen molar-refractivity contribution in [3.05, 3.63) is 71.8 Å². The second kappa shape index (κ2) is 5.86. The first-order chi connectivity index (χ1) is 11.7. The molecule has 24 heavy (non-hydrogen) atoms. The Bertz CT molecular complexity index is 958. The van der Waals surface area contributed by atoms with Crippen LogP contribution in [0.5, 0.6) is 11.5 Å². The van der Waals surface area contributed by atoms with Crippen LogP contribution in [0.15, 0.2) is 66.7 Å². The third-order valence-corrected chi connectivity index (χ3v) is 3.87. The lowest BCUT2D eigenvalue weighted by Crippen LogP contribution is -1.98. The molecular weight excluding hydrogens is 324 g/mol. The van der Waals surface area contributed by atoms with Crippen molar-refractivity contribution >= 4 is 28.3 Å². The number of ether oxygens (including phenoxy) is 1. The molecule has 0 saturated carbocycles. The molecule has 0 radical (unpaired) electrons. The fourth-order valence-electron chi connectivity index (χ4n) is 2.34. The highest BCUT2D eigenvalue weighted by Gasteiger charge is 2.08. The highest BCUT2D eigenvalue weighted by atomic mass is 35.5. The Morgan fingerprint density at radius 2 is 1.46 bits per heavy atom. The molecule has 0 amide bonds. The maximum absolute atomic E-state index is 6.02. The monoisotopic (exact) mass is 336 g/mol. The Balaban J connectivity index is 1.63. The summed E-state index contributed by atoms with van der Waals surface area (Å²) >= 11 is 6.02. The second-order valence-corrected chi connectivity index (χ2v) is 5.67. The van der Waals surface area contributed by atoms with Gasteiger partial charge >= 0.3 is 0 Å². The van der Waals surface area contributed by atoms with Crippen molar-refractivity contribution in [3.63, 3.8) is 0 Å². The first-order valence-electron chi connectivity index (χ1n) is 7.34. The number of anilines is 1. The quantitative estimate of drug-likeness (QED) is 0.561. The molecule has 2 N–H and O–H groups in total. The molecule has 3 aromatic carbocycles. The van der Waals surface area contributed by atoms with Gasteiger partial charge < -0.3 is 10.5 Å². The fourth-order valence-corrected chi connectivity index (χ4v) is 2.50. The summed E-state index contributed by atoms with van der Waals surface area (Å²) in [5, 5.41) is 9.32. The number of benzene rings is 3. The highest BCUT2D eigenvalue weighted by Crippen LogP contribution is 2.25. The number of aromatic nitrogens is 3. The Labute approximate surface area is 143 Å². The smallest absolute Gasteiger partial charge is 0.127 e. The van der Waals surface area contributed by atoms with Crippen molar-refractivity contribution in [3.8, 4) is 17.2 Å². The van der Waals surface area contributed by atoms with Crippen molar-refractivity contribution in [1.82, 2.24) is 15.0 Å². The second-order valence-electron chi connectivity index (χ2n) is 5.26. The third-order valence-electron chi connectivity index (χ3n) is 3.55. The molecule has 0 aliphatic carbocycles. The summed E-state index contributed by atoms with van der Waals surface area (Å²) in [6.07, 6.45) is 0. The van der Waals surface area contributed by atoms with Crippen molar-refractivity contribution in [1.29, 1.82) is 0 Å². The van der Waals surface area contributed by atoms with E-state index in [0.29, 0.717) is 21.7 Å². The molecular formula is C18H13ClN4O. The zero-order valence-corrected chi connectivity index (χ0v) is 13.3. The van der Waals surface area contributed by atoms with E-state index in [4.69, 9.17) is 22.1 Å². The van der Waals surface area contributed by atoms with Crippen molar-refractivity contribution < 1.29 is 4.74 Å². The molecule has 118 valence electrons. The van der Waals surface area contributed by atoms with Gasteiger partial charge in [-0.3, -0.25) is 0 Å². The van der Waals surface area contributed by atoms with Gasteiger partial charge in [-0.25, -0.2) is 0 Å². The van der Waals surface area contributed by atoms with Crippen LogP contribution in [-0.4, -0.2) is 15.0 Å². The Morgan fingerprint density at radius 3 is 2.17 bits per heavy atom. The van der Waals surface area contributed by atoms with Crippen LogP contribution >= 0.6 is 11.6 Å². The van der Waals surface area contributed by atoms with E-state index in [1.54, 1.807) is 16.9 Å². The molecule has 1 heterocycles. The van der Waals surface area contributed by atoms with E-state index in [9.17, 15) is 0 Å². The van der Waals surface area contributed by atoms with Gasteiger partial charge in [0.25, 0.3) is 0 Å². The van der Waals surface area contributed by atoms with Crippen molar-refractivity contribution in [2.45, 2.75) is 0 Å². The van der Waals surface area contributed by atoms with Crippen molar-refractivity contribution in [2.75, 3.05) is 5.73 Å². The molecule has 0 bridgehead atoms. The lowest BCUT2D eigenvalue weighted by Gasteiger charge is -2.06. The van der Waals surface area contributed by atoms with E-state index in [1.165, 1.54) is 0 Å². The third kappa shape index (κ3) is 2.77. The van der Waals surface area contributed by atoms with Crippen molar-refractivity contribution in [2.24, 2.45) is 0 Å². The zero-order chi connectivity index (χ0) is 16.5. The standard InChI is InChI=1S/C18H13ClN4O/c19-15-10-17-18(11-16(15)20)22-23(21-17)12-6-8-14(9-7-12)24-13-4-2-1-3-5-13/h1-11H,20H2. The zero-order valence-electron chi connectivity index (χ0n) is 12.6. The van der Waals surface area contributed by atoms with Crippen LogP contribution in [0.1, 0.15) is 0 Å². The van der Waals surface area contributed by atoms with E-state index in [2.05, 4.69) is 10.2 Å². The number of rotatable bonds is 3. The topological polar surface area (TPSA) is 66.0 Å². The van der Waals surface area contributed by atoms with Gasteiger partial charge in [0, 0.05) is 0 Å².